The Morgan fingerprint density at radius 3 is 2.33 bits per heavy atom. The van der Waals surface area contributed by atoms with Gasteiger partial charge in [-0.15, -0.1) is 0 Å². The Bertz CT molecular complexity index is 207. The van der Waals surface area contributed by atoms with Gasteiger partial charge in [0.05, 0.1) is 17.8 Å². The minimum Gasteiger partial charge on any atom is -0.396 e. The second-order valence-electron chi connectivity index (χ2n) is 3.00. The van der Waals surface area contributed by atoms with Crippen LogP contribution in [0.2, 0.25) is 0 Å². The van der Waals surface area contributed by atoms with Crippen molar-refractivity contribution in [2.45, 2.75) is 38.3 Å². The molecule has 0 aromatic rings. The van der Waals surface area contributed by atoms with Gasteiger partial charge in [0.1, 0.15) is 0 Å². The molecule has 0 unspecified atom stereocenters. The van der Waals surface area contributed by atoms with Crippen LogP contribution in [0.4, 0.5) is 0 Å². The smallest absolute Gasteiger partial charge is 0.365 e. The molecule has 0 spiro atoms. The first-order chi connectivity index (χ1) is 5.57. The highest BCUT2D eigenvalue weighted by molar-refractivity contribution is 5.66. The van der Waals surface area contributed by atoms with Crippen molar-refractivity contribution in [3.8, 4) is 0 Å². The van der Waals surface area contributed by atoms with Crippen LogP contribution in [0.3, 0.4) is 0 Å². The number of carbonyl (C=O) groups is 1. The number of rotatable bonds is 2. The number of nitrogens with zero attached hydrogens (tertiary/aromatic N) is 1. The van der Waals surface area contributed by atoms with Gasteiger partial charge in [-0.3, -0.25) is 14.9 Å². The summed E-state index contributed by atoms with van der Waals surface area (Å²) in [6.45, 7) is 1.20. The second kappa shape index (κ2) is 3.08. The van der Waals surface area contributed by atoms with Crippen LogP contribution in [0, 0.1) is 10.1 Å². The lowest BCUT2D eigenvalue weighted by atomic mass is 10.2. The van der Waals surface area contributed by atoms with E-state index in [0.717, 1.165) is 12.8 Å². The zero-order valence-electron chi connectivity index (χ0n) is 6.91. The third-order valence-corrected chi connectivity index (χ3v) is 2.05. The predicted molar refractivity (Wildman–Crippen MR) is 40.0 cm³/mol. The molecule has 1 aliphatic rings. The van der Waals surface area contributed by atoms with Gasteiger partial charge in [0.25, 0.3) is 0 Å². The van der Waals surface area contributed by atoms with Crippen LogP contribution in [0.1, 0.15) is 32.6 Å². The fourth-order valence-corrected chi connectivity index (χ4v) is 1.52. The predicted octanol–water partition coefficient (Wildman–Crippen LogP) is 1.10. The molecule has 0 heterocycles. The summed E-state index contributed by atoms with van der Waals surface area (Å²) in [4.78, 5) is 20.7. The Balaban J connectivity index is 2.72. The molecule has 0 radical (unpaired) electrons. The molecule has 5 heteroatoms. The van der Waals surface area contributed by atoms with Crippen LogP contribution in [0.15, 0.2) is 0 Å². The Labute approximate surface area is 69.9 Å². The summed E-state index contributed by atoms with van der Waals surface area (Å²) in [5, 5.41) is 10.6. The van der Waals surface area contributed by atoms with Crippen LogP contribution < -0.4 is 0 Å². The van der Waals surface area contributed by atoms with E-state index in [9.17, 15) is 14.9 Å². The molecule has 1 aliphatic carbocycles. The van der Waals surface area contributed by atoms with E-state index in [1.54, 1.807) is 0 Å². The monoisotopic (exact) mass is 173 g/mol. The number of ether oxygens (including phenoxy) is 1. The SMILES string of the molecule is CC(=O)OC1([N+](=O)[O-])CCCC1. The normalized spacial score (nSPS) is 20.4. The molecule has 1 rings (SSSR count). The third kappa shape index (κ3) is 1.54. The molecular formula is C7H11NO4. The molecule has 0 aliphatic heterocycles. The number of esters is 1. The van der Waals surface area contributed by atoms with Gasteiger partial charge in [0, 0.05) is 6.92 Å². The van der Waals surface area contributed by atoms with Gasteiger partial charge in [-0.1, -0.05) is 0 Å². The van der Waals surface area contributed by atoms with E-state index in [1.807, 2.05) is 0 Å². The third-order valence-electron chi connectivity index (χ3n) is 2.05. The molecule has 0 aromatic carbocycles. The lowest BCUT2D eigenvalue weighted by Gasteiger charge is -2.18. The summed E-state index contributed by atoms with van der Waals surface area (Å²) in [7, 11) is 0. The highest BCUT2D eigenvalue weighted by Crippen LogP contribution is 2.33. The van der Waals surface area contributed by atoms with Crippen molar-refractivity contribution in [2.24, 2.45) is 0 Å². The summed E-state index contributed by atoms with van der Waals surface area (Å²) in [6, 6.07) is 0. The zero-order valence-corrected chi connectivity index (χ0v) is 6.91. The maximum absolute atomic E-state index is 10.6. The zero-order chi connectivity index (χ0) is 9.19. The van der Waals surface area contributed by atoms with Gasteiger partial charge < -0.3 is 4.74 Å². The van der Waals surface area contributed by atoms with E-state index in [4.69, 9.17) is 4.74 Å². The quantitative estimate of drug-likeness (QED) is 0.271. The van der Waals surface area contributed by atoms with Crippen molar-refractivity contribution < 1.29 is 14.5 Å². The first kappa shape index (κ1) is 8.96. The van der Waals surface area contributed by atoms with Gasteiger partial charge in [-0.2, -0.15) is 0 Å². The maximum Gasteiger partial charge on any atom is 0.365 e. The highest BCUT2D eigenvalue weighted by atomic mass is 16.7. The minimum absolute atomic E-state index is 0.347. The largest absolute Gasteiger partial charge is 0.396 e. The van der Waals surface area contributed by atoms with Gasteiger partial charge in [-0.25, -0.2) is 0 Å². The van der Waals surface area contributed by atoms with Crippen molar-refractivity contribution in [2.75, 3.05) is 0 Å². The number of hydrogen-bond donors (Lipinski definition) is 0. The lowest BCUT2D eigenvalue weighted by molar-refractivity contribution is -0.619. The molecule has 0 aromatic heterocycles. The summed E-state index contributed by atoms with van der Waals surface area (Å²) in [6.07, 6.45) is 2.21. The fourth-order valence-electron chi connectivity index (χ4n) is 1.52. The number of nitro groups is 1. The maximum atomic E-state index is 10.6. The Hall–Kier alpha value is -1.13. The van der Waals surface area contributed by atoms with E-state index in [2.05, 4.69) is 0 Å². The van der Waals surface area contributed by atoms with E-state index in [1.165, 1.54) is 6.92 Å². The molecule has 12 heavy (non-hydrogen) atoms. The van der Waals surface area contributed by atoms with E-state index in [0.29, 0.717) is 12.8 Å². The Kier molecular flexibility index (Phi) is 2.30. The van der Waals surface area contributed by atoms with Crippen molar-refractivity contribution in [3.05, 3.63) is 10.1 Å². The van der Waals surface area contributed by atoms with E-state index < -0.39 is 16.6 Å². The van der Waals surface area contributed by atoms with Gasteiger partial charge >= 0.3 is 11.7 Å². The molecular weight excluding hydrogens is 162 g/mol. The minimum atomic E-state index is -1.41. The van der Waals surface area contributed by atoms with Crippen molar-refractivity contribution in [1.29, 1.82) is 0 Å². The van der Waals surface area contributed by atoms with Crippen LogP contribution in [0.5, 0.6) is 0 Å². The second-order valence-corrected chi connectivity index (χ2v) is 3.00. The highest BCUT2D eigenvalue weighted by Gasteiger charge is 2.48. The van der Waals surface area contributed by atoms with Crippen molar-refractivity contribution >= 4 is 5.97 Å². The van der Waals surface area contributed by atoms with E-state index in [-0.39, 0.29) is 0 Å². The molecule has 0 amide bonds. The van der Waals surface area contributed by atoms with Crippen molar-refractivity contribution in [3.63, 3.8) is 0 Å². The summed E-state index contributed by atoms with van der Waals surface area (Å²) < 4.78 is 4.72. The van der Waals surface area contributed by atoms with Crippen LogP contribution in [-0.2, 0) is 9.53 Å². The summed E-state index contributed by atoms with van der Waals surface area (Å²) in [5.74, 6) is -0.575. The molecule has 0 N–H and O–H groups in total. The molecule has 0 atom stereocenters. The van der Waals surface area contributed by atoms with Crippen LogP contribution in [0.25, 0.3) is 0 Å². The molecule has 68 valence electrons. The number of carbonyl (C=O) groups excluding carboxylic acids is 1. The average molecular weight is 173 g/mol. The molecule has 0 bridgehead atoms. The number of hydrogen-bond acceptors (Lipinski definition) is 4. The first-order valence-corrected chi connectivity index (χ1v) is 3.91. The Morgan fingerprint density at radius 2 is 2.00 bits per heavy atom. The van der Waals surface area contributed by atoms with Gasteiger partial charge in [-0.05, 0) is 12.8 Å². The van der Waals surface area contributed by atoms with Gasteiger partial charge in [0.2, 0.25) is 0 Å². The van der Waals surface area contributed by atoms with Gasteiger partial charge in [0.15, 0.2) is 0 Å². The van der Waals surface area contributed by atoms with Crippen LogP contribution in [-0.4, -0.2) is 16.6 Å². The molecule has 1 fully saturated rings. The molecule has 1 saturated carbocycles. The standard InChI is InChI=1S/C7H11NO4/c1-6(9)12-7(8(10)11)4-2-3-5-7/h2-5H2,1H3. The lowest BCUT2D eigenvalue weighted by Crippen LogP contribution is -2.39. The van der Waals surface area contributed by atoms with E-state index >= 15 is 0 Å². The molecule has 0 saturated heterocycles. The summed E-state index contributed by atoms with van der Waals surface area (Å²) in [5.41, 5.74) is -1.41. The average Bonchev–Trinajstić information content (AvgIpc) is 2.35. The summed E-state index contributed by atoms with van der Waals surface area (Å²) >= 11 is 0. The Morgan fingerprint density at radius 1 is 1.50 bits per heavy atom. The first-order valence-electron chi connectivity index (χ1n) is 3.91. The van der Waals surface area contributed by atoms with Crippen molar-refractivity contribution in [1.82, 2.24) is 0 Å². The fraction of sp³-hybridized carbons (Fsp3) is 0.857. The molecule has 5 nitrogen and oxygen atoms in total. The van der Waals surface area contributed by atoms with Crippen LogP contribution >= 0.6 is 0 Å². The topological polar surface area (TPSA) is 69.4 Å².